The zero-order chi connectivity index (χ0) is 14.7. The highest BCUT2D eigenvalue weighted by Gasteiger charge is 2.21. The minimum atomic E-state index is 0.449. The molecular weight excluding hydrogens is 328 g/mol. The lowest BCUT2D eigenvalue weighted by Crippen LogP contribution is -2.22. The van der Waals surface area contributed by atoms with Crippen molar-refractivity contribution in [1.29, 1.82) is 0 Å². The number of pyridine rings is 1. The van der Waals surface area contributed by atoms with Crippen molar-refractivity contribution in [3.8, 4) is 5.75 Å². The number of halogens is 1. The minimum Gasteiger partial charge on any atom is -0.489 e. The molecule has 0 saturated carbocycles. The van der Waals surface area contributed by atoms with Crippen LogP contribution in [-0.2, 0) is 13.0 Å². The molecule has 1 N–H and O–H groups in total. The summed E-state index contributed by atoms with van der Waals surface area (Å²) in [6.07, 6.45) is 7.13. The Morgan fingerprint density at radius 1 is 1.38 bits per heavy atom. The van der Waals surface area contributed by atoms with E-state index in [0.717, 1.165) is 22.2 Å². The molecule has 0 fully saturated rings. The lowest BCUT2D eigenvalue weighted by atomic mass is 9.87. The average Bonchev–Trinajstić information content (AvgIpc) is 2.52. The van der Waals surface area contributed by atoms with Gasteiger partial charge in [0, 0.05) is 28.5 Å². The van der Waals surface area contributed by atoms with E-state index in [9.17, 15) is 0 Å². The van der Waals surface area contributed by atoms with E-state index < -0.39 is 0 Å². The molecule has 1 aromatic heterocycles. The Morgan fingerprint density at radius 3 is 3.10 bits per heavy atom. The zero-order valence-electron chi connectivity index (χ0n) is 12.1. The maximum Gasteiger partial charge on any atom is 0.123 e. The molecule has 0 saturated heterocycles. The molecule has 0 radical (unpaired) electrons. The summed E-state index contributed by atoms with van der Waals surface area (Å²) in [5, 5.41) is 3.40. The minimum absolute atomic E-state index is 0.449. The van der Waals surface area contributed by atoms with Gasteiger partial charge in [0.2, 0.25) is 0 Å². The molecule has 1 atom stereocenters. The van der Waals surface area contributed by atoms with Crippen molar-refractivity contribution in [2.45, 2.75) is 31.9 Å². The highest BCUT2D eigenvalue weighted by molar-refractivity contribution is 9.10. The monoisotopic (exact) mass is 346 g/mol. The average molecular weight is 347 g/mol. The van der Waals surface area contributed by atoms with Crippen LogP contribution in [-0.4, -0.2) is 12.0 Å². The van der Waals surface area contributed by atoms with E-state index in [0.29, 0.717) is 12.6 Å². The van der Waals surface area contributed by atoms with E-state index in [-0.39, 0.29) is 0 Å². The molecule has 3 nitrogen and oxygen atoms in total. The summed E-state index contributed by atoms with van der Waals surface area (Å²) >= 11 is 3.44. The van der Waals surface area contributed by atoms with Crippen LogP contribution in [0.25, 0.3) is 0 Å². The third-order valence-electron chi connectivity index (χ3n) is 3.97. The Bertz CT molecular complexity index is 630. The molecule has 1 heterocycles. The van der Waals surface area contributed by atoms with E-state index in [1.807, 2.05) is 19.3 Å². The van der Waals surface area contributed by atoms with Gasteiger partial charge in [0.25, 0.3) is 0 Å². The van der Waals surface area contributed by atoms with Gasteiger partial charge >= 0.3 is 0 Å². The molecule has 1 unspecified atom stereocenters. The number of rotatable bonds is 4. The van der Waals surface area contributed by atoms with Gasteiger partial charge in [-0.3, -0.25) is 4.98 Å². The lowest BCUT2D eigenvalue weighted by Gasteiger charge is -2.26. The number of nitrogens with zero attached hydrogens (tertiary/aromatic N) is 1. The van der Waals surface area contributed by atoms with Gasteiger partial charge in [0.05, 0.1) is 0 Å². The van der Waals surface area contributed by atoms with E-state index in [2.05, 4.69) is 44.4 Å². The Hall–Kier alpha value is -1.39. The summed E-state index contributed by atoms with van der Waals surface area (Å²) in [6.45, 7) is 0.549. The summed E-state index contributed by atoms with van der Waals surface area (Å²) in [4.78, 5) is 4.17. The van der Waals surface area contributed by atoms with Crippen molar-refractivity contribution >= 4 is 15.9 Å². The van der Waals surface area contributed by atoms with Gasteiger partial charge in [0.1, 0.15) is 12.4 Å². The fraction of sp³-hybridized carbons (Fsp3) is 0.353. The molecule has 2 aromatic rings. The van der Waals surface area contributed by atoms with E-state index in [4.69, 9.17) is 4.74 Å². The number of aromatic nitrogens is 1. The zero-order valence-corrected chi connectivity index (χ0v) is 13.7. The Kier molecular flexibility index (Phi) is 4.56. The predicted octanol–water partition coefficient (Wildman–Crippen LogP) is 4.02. The fourth-order valence-corrected chi connectivity index (χ4v) is 3.36. The van der Waals surface area contributed by atoms with Crippen molar-refractivity contribution in [1.82, 2.24) is 10.3 Å². The van der Waals surface area contributed by atoms with Gasteiger partial charge in [0.15, 0.2) is 0 Å². The number of benzene rings is 1. The predicted molar refractivity (Wildman–Crippen MR) is 87.4 cm³/mol. The first kappa shape index (κ1) is 14.5. The van der Waals surface area contributed by atoms with E-state index in [1.165, 1.54) is 24.0 Å². The molecule has 3 rings (SSSR count). The SMILES string of the molecule is CNC1CCCc2c(OCc3cncc(Br)c3)cccc21. The van der Waals surface area contributed by atoms with Crippen LogP contribution in [0.15, 0.2) is 41.1 Å². The maximum atomic E-state index is 6.05. The van der Waals surface area contributed by atoms with Gasteiger partial charge in [-0.05, 0) is 65.5 Å². The third kappa shape index (κ3) is 3.27. The molecular formula is C17H19BrN2O. The van der Waals surface area contributed by atoms with Crippen LogP contribution in [0, 0.1) is 0 Å². The highest BCUT2D eigenvalue weighted by atomic mass is 79.9. The number of hydrogen-bond donors (Lipinski definition) is 1. The molecule has 1 aliphatic carbocycles. The second kappa shape index (κ2) is 6.58. The van der Waals surface area contributed by atoms with E-state index >= 15 is 0 Å². The summed E-state index contributed by atoms with van der Waals surface area (Å²) in [5.41, 5.74) is 3.81. The summed E-state index contributed by atoms with van der Waals surface area (Å²) in [7, 11) is 2.03. The van der Waals surface area contributed by atoms with Crippen LogP contribution < -0.4 is 10.1 Å². The first-order chi connectivity index (χ1) is 10.3. The third-order valence-corrected chi connectivity index (χ3v) is 4.40. The molecule has 1 aromatic carbocycles. The van der Waals surface area contributed by atoms with Gasteiger partial charge < -0.3 is 10.1 Å². The summed E-state index contributed by atoms with van der Waals surface area (Å²) < 4.78 is 7.03. The maximum absolute atomic E-state index is 6.05. The van der Waals surface area contributed by atoms with Gasteiger partial charge in [-0.2, -0.15) is 0 Å². The van der Waals surface area contributed by atoms with Crippen LogP contribution >= 0.6 is 15.9 Å². The van der Waals surface area contributed by atoms with Crippen molar-refractivity contribution < 1.29 is 4.74 Å². The van der Waals surface area contributed by atoms with Crippen LogP contribution in [0.5, 0.6) is 5.75 Å². The number of nitrogens with one attached hydrogen (secondary N) is 1. The quantitative estimate of drug-likeness (QED) is 0.907. The first-order valence-electron chi connectivity index (χ1n) is 7.29. The topological polar surface area (TPSA) is 34.1 Å². The number of hydrogen-bond acceptors (Lipinski definition) is 3. The molecule has 0 aliphatic heterocycles. The largest absolute Gasteiger partial charge is 0.489 e. The fourth-order valence-electron chi connectivity index (χ4n) is 2.95. The van der Waals surface area contributed by atoms with Crippen molar-refractivity contribution in [2.24, 2.45) is 0 Å². The molecule has 0 spiro atoms. The standard InChI is InChI=1S/C17H19BrN2O/c1-19-16-6-2-5-15-14(16)4-3-7-17(15)21-11-12-8-13(18)10-20-9-12/h3-4,7-10,16,19H,2,5-6,11H2,1H3. The first-order valence-corrected chi connectivity index (χ1v) is 8.08. The van der Waals surface area contributed by atoms with Crippen LogP contribution in [0.2, 0.25) is 0 Å². The van der Waals surface area contributed by atoms with Crippen LogP contribution in [0.1, 0.15) is 35.6 Å². The van der Waals surface area contributed by atoms with Crippen LogP contribution in [0.3, 0.4) is 0 Å². The summed E-state index contributed by atoms with van der Waals surface area (Å²) in [6, 6.07) is 8.86. The smallest absolute Gasteiger partial charge is 0.123 e. The van der Waals surface area contributed by atoms with Crippen LogP contribution in [0.4, 0.5) is 0 Å². The Morgan fingerprint density at radius 2 is 2.29 bits per heavy atom. The molecule has 4 heteroatoms. The Labute approximate surface area is 133 Å². The second-order valence-electron chi connectivity index (χ2n) is 5.36. The number of ether oxygens (including phenoxy) is 1. The van der Waals surface area contributed by atoms with Crippen molar-refractivity contribution in [2.75, 3.05) is 7.05 Å². The number of fused-ring (bicyclic) bond motifs is 1. The van der Waals surface area contributed by atoms with Gasteiger partial charge in [-0.1, -0.05) is 12.1 Å². The van der Waals surface area contributed by atoms with Crippen molar-refractivity contribution in [3.05, 3.63) is 57.8 Å². The second-order valence-corrected chi connectivity index (χ2v) is 6.27. The molecule has 0 amide bonds. The molecule has 110 valence electrons. The lowest BCUT2D eigenvalue weighted by molar-refractivity contribution is 0.299. The highest BCUT2D eigenvalue weighted by Crippen LogP contribution is 2.35. The normalized spacial score (nSPS) is 17.3. The molecule has 21 heavy (non-hydrogen) atoms. The van der Waals surface area contributed by atoms with E-state index in [1.54, 1.807) is 6.20 Å². The van der Waals surface area contributed by atoms with Crippen molar-refractivity contribution in [3.63, 3.8) is 0 Å². The van der Waals surface area contributed by atoms with Gasteiger partial charge in [-0.25, -0.2) is 0 Å². The Balaban J connectivity index is 1.80. The van der Waals surface area contributed by atoms with Gasteiger partial charge in [-0.15, -0.1) is 0 Å². The molecule has 1 aliphatic rings. The summed E-state index contributed by atoms with van der Waals surface area (Å²) in [5.74, 6) is 1.01. The molecule has 0 bridgehead atoms.